The molecular formula is C32H40N2O2. The molecule has 0 bridgehead atoms. The van der Waals surface area contributed by atoms with Crippen LogP contribution in [0.2, 0.25) is 0 Å². The van der Waals surface area contributed by atoms with Crippen molar-refractivity contribution in [3.8, 4) is 0 Å². The molecule has 1 N–H and O–H groups in total. The van der Waals surface area contributed by atoms with Gasteiger partial charge in [0.15, 0.2) is 0 Å². The smallest absolute Gasteiger partial charge is 0.243 e. The molecule has 0 aliphatic rings. The number of benzene rings is 3. The highest BCUT2D eigenvalue weighted by Crippen LogP contribution is 2.18. The Morgan fingerprint density at radius 2 is 1.42 bits per heavy atom. The van der Waals surface area contributed by atoms with Gasteiger partial charge in [-0.2, -0.15) is 0 Å². The Kier molecular flexibility index (Phi) is 10.3. The number of hydrogen-bond donors (Lipinski definition) is 1. The average Bonchev–Trinajstić information content (AvgIpc) is 2.91. The molecule has 0 fully saturated rings. The van der Waals surface area contributed by atoms with E-state index in [1.807, 2.05) is 56.3 Å². The lowest BCUT2D eigenvalue weighted by molar-refractivity contribution is -0.141. The van der Waals surface area contributed by atoms with Gasteiger partial charge < -0.3 is 10.2 Å². The van der Waals surface area contributed by atoms with E-state index in [1.165, 1.54) is 11.1 Å². The minimum Gasteiger partial charge on any atom is -0.352 e. The molecule has 4 nitrogen and oxygen atoms in total. The first-order chi connectivity index (χ1) is 17.4. The normalized spacial score (nSPS) is 12.6. The van der Waals surface area contributed by atoms with E-state index in [0.29, 0.717) is 25.8 Å². The zero-order valence-electron chi connectivity index (χ0n) is 22.2. The van der Waals surface area contributed by atoms with Crippen molar-refractivity contribution < 1.29 is 9.59 Å². The summed E-state index contributed by atoms with van der Waals surface area (Å²) in [4.78, 5) is 29.1. The minimum absolute atomic E-state index is 0.00428. The second kappa shape index (κ2) is 13.6. The molecule has 0 aromatic heterocycles. The van der Waals surface area contributed by atoms with Crippen LogP contribution in [-0.4, -0.2) is 28.8 Å². The molecule has 0 spiro atoms. The summed E-state index contributed by atoms with van der Waals surface area (Å²) in [6.45, 7) is 8.65. The van der Waals surface area contributed by atoms with Crippen LogP contribution in [0, 0.1) is 6.92 Å². The van der Waals surface area contributed by atoms with Crippen LogP contribution in [0.1, 0.15) is 61.4 Å². The van der Waals surface area contributed by atoms with Gasteiger partial charge >= 0.3 is 0 Å². The van der Waals surface area contributed by atoms with Gasteiger partial charge in [0.25, 0.3) is 0 Å². The van der Waals surface area contributed by atoms with E-state index in [4.69, 9.17) is 0 Å². The standard InChI is InChI=1S/C32H40N2O2/c1-5-25(4)33-32(36)30(22-28-10-8-7-9-11-28)34(23-29-14-12-24(3)13-15-29)31(35)21-20-27-18-16-26(6-2)17-19-27/h7-19,25,30H,5-6,20-23H2,1-4H3,(H,33,36)/t25-,30+/m1/s1. The van der Waals surface area contributed by atoms with Crippen LogP contribution in [0.25, 0.3) is 0 Å². The first kappa shape index (κ1) is 27.2. The molecule has 0 heterocycles. The average molecular weight is 485 g/mol. The van der Waals surface area contributed by atoms with Gasteiger partial charge in [-0.3, -0.25) is 9.59 Å². The molecule has 3 aromatic carbocycles. The molecule has 2 amide bonds. The van der Waals surface area contributed by atoms with Crippen LogP contribution in [0.3, 0.4) is 0 Å². The van der Waals surface area contributed by atoms with Gasteiger partial charge in [0.1, 0.15) is 6.04 Å². The van der Waals surface area contributed by atoms with Crippen molar-refractivity contribution in [3.63, 3.8) is 0 Å². The molecule has 0 saturated carbocycles. The highest BCUT2D eigenvalue weighted by Gasteiger charge is 2.30. The third-order valence-corrected chi connectivity index (χ3v) is 6.80. The summed E-state index contributed by atoms with van der Waals surface area (Å²) >= 11 is 0. The van der Waals surface area contributed by atoms with Crippen LogP contribution in [0.5, 0.6) is 0 Å². The van der Waals surface area contributed by atoms with Crippen LogP contribution in [-0.2, 0) is 35.4 Å². The number of nitrogens with one attached hydrogen (secondary N) is 1. The SMILES string of the molecule is CCc1ccc(CCC(=O)N(Cc2ccc(C)cc2)[C@@H](Cc2ccccc2)C(=O)N[C@H](C)CC)cc1. The summed E-state index contributed by atoms with van der Waals surface area (Å²) < 4.78 is 0. The summed E-state index contributed by atoms with van der Waals surface area (Å²) in [6, 6.07) is 26.1. The number of rotatable bonds is 12. The van der Waals surface area contributed by atoms with Crippen LogP contribution < -0.4 is 5.32 Å². The van der Waals surface area contributed by atoms with Crippen molar-refractivity contribution in [2.75, 3.05) is 0 Å². The quantitative estimate of drug-likeness (QED) is 0.340. The Hall–Kier alpha value is -3.40. The molecular weight excluding hydrogens is 444 g/mol. The van der Waals surface area contributed by atoms with E-state index >= 15 is 0 Å². The maximum atomic E-state index is 13.7. The second-order valence-electron chi connectivity index (χ2n) is 9.70. The van der Waals surface area contributed by atoms with E-state index in [9.17, 15) is 9.59 Å². The van der Waals surface area contributed by atoms with Crippen LogP contribution >= 0.6 is 0 Å². The zero-order valence-corrected chi connectivity index (χ0v) is 22.2. The second-order valence-corrected chi connectivity index (χ2v) is 9.70. The Morgan fingerprint density at radius 3 is 2.03 bits per heavy atom. The number of carbonyl (C=O) groups excluding carboxylic acids is 2. The fourth-order valence-electron chi connectivity index (χ4n) is 4.22. The molecule has 0 aliphatic carbocycles. The molecule has 190 valence electrons. The Labute approximate surface area is 216 Å². The number of nitrogens with zero attached hydrogens (tertiary/aromatic N) is 1. The van der Waals surface area contributed by atoms with Gasteiger partial charge in [0.2, 0.25) is 11.8 Å². The monoisotopic (exact) mass is 484 g/mol. The molecule has 3 aromatic rings. The van der Waals surface area contributed by atoms with Crippen LogP contribution in [0.15, 0.2) is 78.9 Å². The molecule has 0 aliphatic heterocycles. The zero-order chi connectivity index (χ0) is 25.9. The fourth-order valence-corrected chi connectivity index (χ4v) is 4.22. The highest BCUT2D eigenvalue weighted by molar-refractivity contribution is 5.88. The van der Waals surface area contributed by atoms with Crippen LogP contribution in [0.4, 0.5) is 0 Å². The van der Waals surface area contributed by atoms with Gasteiger partial charge in [-0.15, -0.1) is 0 Å². The van der Waals surface area contributed by atoms with E-state index < -0.39 is 6.04 Å². The van der Waals surface area contributed by atoms with Gasteiger partial charge in [-0.05, 0) is 55.4 Å². The number of hydrogen-bond acceptors (Lipinski definition) is 2. The summed E-state index contributed by atoms with van der Waals surface area (Å²) in [7, 11) is 0. The molecule has 2 atom stereocenters. The molecule has 3 rings (SSSR count). The number of aryl methyl sites for hydroxylation is 3. The Balaban J connectivity index is 1.88. The third kappa shape index (κ3) is 8.08. The van der Waals surface area contributed by atoms with Crippen molar-refractivity contribution in [1.82, 2.24) is 10.2 Å². The van der Waals surface area contributed by atoms with Gasteiger partial charge in [-0.25, -0.2) is 0 Å². The summed E-state index contributed by atoms with van der Waals surface area (Å²) in [5, 5.41) is 3.13. The maximum Gasteiger partial charge on any atom is 0.243 e. The molecule has 0 saturated heterocycles. The predicted molar refractivity (Wildman–Crippen MR) is 148 cm³/mol. The minimum atomic E-state index is -0.585. The third-order valence-electron chi connectivity index (χ3n) is 6.80. The summed E-state index contributed by atoms with van der Waals surface area (Å²) in [6.07, 6.45) is 3.32. The molecule has 4 heteroatoms. The van der Waals surface area contributed by atoms with E-state index in [1.54, 1.807) is 4.90 Å². The molecule has 0 radical (unpaired) electrons. The van der Waals surface area contributed by atoms with Crippen molar-refractivity contribution in [1.29, 1.82) is 0 Å². The number of amides is 2. The van der Waals surface area contributed by atoms with E-state index in [-0.39, 0.29) is 17.9 Å². The van der Waals surface area contributed by atoms with Gasteiger partial charge in [-0.1, -0.05) is 98.3 Å². The summed E-state index contributed by atoms with van der Waals surface area (Å²) in [5.41, 5.74) is 5.66. The largest absolute Gasteiger partial charge is 0.352 e. The van der Waals surface area contributed by atoms with Gasteiger partial charge in [0.05, 0.1) is 0 Å². The Morgan fingerprint density at radius 1 is 0.806 bits per heavy atom. The lowest BCUT2D eigenvalue weighted by Crippen LogP contribution is -2.52. The lowest BCUT2D eigenvalue weighted by atomic mass is 10.0. The van der Waals surface area contributed by atoms with E-state index in [0.717, 1.165) is 29.5 Å². The van der Waals surface area contributed by atoms with E-state index in [2.05, 4.69) is 55.6 Å². The first-order valence-electron chi connectivity index (χ1n) is 13.2. The lowest BCUT2D eigenvalue weighted by Gasteiger charge is -2.32. The fraction of sp³-hybridized carbons (Fsp3) is 0.375. The highest BCUT2D eigenvalue weighted by atomic mass is 16.2. The Bertz CT molecular complexity index is 1090. The predicted octanol–water partition coefficient (Wildman–Crippen LogP) is 6.04. The first-order valence-corrected chi connectivity index (χ1v) is 13.2. The molecule has 36 heavy (non-hydrogen) atoms. The maximum absolute atomic E-state index is 13.7. The van der Waals surface area contributed by atoms with Crippen molar-refractivity contribution in [3.05, 3.63) is 107 Å². The summed E-state index contributed by atoms with van der Waals surface area (Å²) in [5.74, 6) is -0.101. The number of carbonyl (C=O) groups is 2. The molecule has 0 unspecified atom stereocenters. The van der Waals surface area contributed by atoms with Gasteiger partial charge in [0, 0.05) is 25.4 Å². The van der Waals surface area contributed by atoms with Crippen molar-refractivity contribution in [2.24, 2.45) is 0 Å². The van der Waals surface area contributed by atoms with Crippen molar-refractivity contribution >= 4 is 11.8 Å². The topological polar surface area (TPSA) is 49.4 Å². The van der Waals surface area contributed by atoms with Crippen molar-refractivity contribution in [2.45, 2.75) is 78.4 Å².